The average Bonchev–Trinajstić information content (AvgIpc) is 2.50. The molecule has 112 valence electrons. The van der Waals surface area contributed by atoms with Gasteiger partial charge in [-0.3, -0.25) is 9.59 Å². The van der Waals surface area contributed by atoms with Crippen molar-refractivity contribution in [1.82, 2.24) is 10.2 Å². The molecule has 1 aliphatic rings. The molecule has 2 amide bonds. The van der Waals surface area contributed by atoms with Crippen LogP contribution in [-0.2, 0) is 9.59 Å². The Kier molecular flexibility index (Phi) is 4.46. The molecule has 0 saturated carbocycles. The topological polar surface area (TPSA) is 49.4 Å². The van der Waals surface area contributed by atoms with Crippen molar-refractivity contribution in [2.24, 2.45) is 0 Å². The zero-order valence-electron chi connectivity index (χ0n) is 12.8. The Labute approximate surface area is 125 Å². The first-order valence-corrected chi connectivity index (χ1v) is 7.32. The number of benzene rings is 1. The third kappa shape index (κ3) is 2.84. The molecule has 2 rings (SSSR count). The minimum Gasteiger partial charge on any atom is -0.340 e. The summed E-state index contributed by atoms with van der Waals surface area (Å²) in [5, 5.41) is 2.89. The second kappa shape index (κ2) is 6.12. The highest BCUT2D eigenvalue weighted by Gasteiger charge is 2.47. The molecule has 0 spiro atoms. The number of allylic oxidation sites excluding steroid dienone is 1. The van der Waals surface area contributed by atoms with Crippen LogP contribution in [0, 0.1) is 0 Å². The predicted molar refractivity (Wildman–Crippen MR) is 82.5 cm³/mol. The molecule has 2 atom stereocenters. The first-order valence-electron chi connectivity index (χ1n) is 7.32. The molecule has 0 radical (unpaired) electrons. The Morgan fingerprint density at radius 2 is 1.95 bits per heavy atom. The Morgan fingerprint density at radius 1 is 1.29 bits per heavy atom. The van der Waals surface area contributed by atoms with Crippen LogP contribution in [0.5, 0.6) is 0 Å². The van der Waals surface area contributed by atoms with Gasteiger partial charge in [-0.25, -0.2) is 0 Å². The van der Waals surface area contributed by atoms with E-state index in [0.29, 0.717) is 13.0 Å². The number of carbonyl (C=O) groups excluding carboxylic acids is 2. The SMILES string of the molecule is C/C=C/CN1C(=O)C(C)(CC)NC(=O)C1c1ccccc1. The summed E-state index contributed by atoms with van der Waals surface area (Å²) in [4.78, 5) is 27.0. The largest absolute Gasteiger partial charge is 0.340 e. The fourth-order valence-corrected chi connectivity index (χ4v) is 2.58. The van der Waals surface area contributed by atoms with Gasteiger partial charge >= 0.3 is 0 Å². The van der Waals surface area contributed by atoms with Crippen molar-refractivity contribution >= 4 is 11.8 Å². The second-order valence-corrected chi connectivity index (χ2v) is 5.51. The maximum Gasteiger partial charge on any atom is 0.249 e. The third-order valence-electron chi connectivity index (χ3n) is 4.05. The van der Waals surface area contributed by atoms with E-state index in [1.165, 1.54) is 0 Å². The van der Waals surface area contributed by atoms with Gasteiger partial charge in [0, 0.05) is 6.54 Å². The number of carbonyl (C=O) groups is 2. The molecule has 1 heterocycles. The van der Waals surface area contributed by atoms with Crippen LogP contribution >= 0.6 is 0 Å². The van der Waals surface area contributed by atoms with Crippen LogP contribution in [0.15, 0.2) is 42.5 Å². The van der Waals surface area contributed by atoms with Crippen molar-refractivity contribution in [3.63, 3.8) is 0 Å². The maximum absolute atomic E-state index is 12.8. The van der Waals surface area contributed by atoms with Gasteiger partial charge in [-0.15, -0.1) is 0 Å². The van der Waals surface area contributed by atoms with E-state index in [1.54, 1.807) is 11.8 Å². The summed E-state index contributed by atoms with van der Waals surface area (Å²) in [6.07, 6.45) is 4.37. The molecule has 4 heteroatoms. The Hall–Kier alpha value is -2.10. The van der Waals surface area contributed by atoms with E-state index >= 15 is 0 Å². The van der Waals surface area contributed by atoms with E-state index in [1.807, 2.05) is 56.3 Å². The number of nitrogens with one attached hydrogen (secondary N) is 1. The number of nitrogens with zero attached hydrogens (tertiary/aromatic N) is 1. The van der Waals surface area contributed by atoms with Gasteiger partial charge in [0.25, 0.3) is 0 Å². The van der Waals surface area contributed by atoms with Crippen molar-refractivity contribution in [2.45, 2.75) is 38.8 Å². The summed E-state index contributed by atoms with van der Waals surface area (Å²) in [7, 11) is 0. The fraction of sp³-hybridized carbons (Fsp3) is 0.412. The molecule has 1 fully saturated rings. The summed E-state index contributed by atoms with van der Waals surface area (Å²) in [5.41, 5.74) is 0.0234. The van der Waals surface area contributed by atoms with Crippen LogP contribution in [0.4, 0.5) is 0 Å². The summed E-state index contributed by atoms with van der Waals surface area (Å²) >= 11 is 0. The molecule has 21 heavy (non-hydrogen) atoms. The Bertz CT molecular complexity index is 553. The van der Waals surface area contributed by atoms with Crippen LogP contribution in [-0.4, -0.2) is 28.8 Å². The quantitative estimate of drug-likeness (QED) is 0.864. The van der Waals surface area contributed by atoms with Gasteiger partial charge in [0.05, 0.1) is 0 Å². The maximum atomic E-state index is 12.8. The van der Waals surface area contributed by atoms with Crippen LogP contribution in [0.2, 0.25) is 0 Å². The molecule has 2 unspecified atom stereocenters. The molecule has 0 aromatic heterocycles. The zero-order chi connectivity index (χ0) is 15.5. The first-order chi connectivity index (χ1) is 10.0. The van der Waals surface area contributed by atoms with Crippen LogP contribution < -0.4 is 5.32 Å². The molecule has 0 bridgehead atoms. The molecule has 1 aromatic carbocycles. The minimum atomic E-state index is -0.816. The van der Waals surface area contributed by atoms with E-state index in [9.17, 15) is 9.59 Å². The van der Waals surface area contributed by atoms with Crippen molar-refractivity contribution < 1.29 is 9.59 Å². The minimum absolute atomic E-state index is 0.0310. The number of amides is 2. The number of hydrogen-bond acceptors (Lipinski definition) is 2. The van der Waals surface area contributed by atoms with Gasteiger partial charge < -0.3 is 10.2 Å². The molecular weight excluding hydrogens is 264 g/mol. The number of piperazine rings is 1. The normalized spacial score (nSPS) is 26.2. The lowest BCUT2D eigenvalue weighted by Gasteiger charge is -2.44. The second-order valence-electron chi connectivity index (χ2n) is 5.51. The third-order valence-corrected chi connectivity index (χ3v) is 4.05. The average molecular weight is 286 g/mol. The lowest BCUT2D eigenvalue weighted by Crippen LogP contribution is -2.65. The van der Waals surface area contributed by atoms with Crippen LogP contribution in [0.25, 0.3) is 0 Å². The predicted octanol–water partition coefficient (Wildman–Crippen LogP) is 2.43. The monoisotopic (exact) mass is 286 g/mol. The highest BCUT2D eigenvalue weighted by Crippen LogP contribution is 2.30. The number of rotatable bonds is 4. The molecule has 1 saturated heterocycles. The highest BCUT2D eigenvalue weighted by molar-refractivity contribution is 6.00. The lowest BCUT2D eigenvalue weighted by molar-refractivity contribution is -0.154. The van der Waals surface area contributed by atoms with E-state index in [2.05, 4.69) is 5.32 Å². The van der Waals surface area contributed by atoms with Gasteiger partial charge in [-0.1, -0.05) is 49.4 Å². The molecule has 4 nitrogen and oxygen atoms in total. The molecule has 1 aliphatic heterocycles. The summed E-state index contributed by atoms with van der Waals surface area (Å²) in [6, 6.07) is 8.88. The van der Waals surface area contributed by atoms with Crippen molar-refractivity contribution in [1.29, 1.82) is 0 Å². The summed E-state index contributed by atoms with van der Waals surface area (Å²) in [5.74, 6) is -0.147. The molecule has 1 aromatic rings. The Morgan fingerprint density at radius 3 is 2.52 bits per heavy atom. The molecule has 1 N–H and O–H groups in total. The van der Waals surface area contributed by atoms with Crippen molar-refractivity contribution in [2.75, 3.05) is 6.54 Å². The van der Waals surface area contributed by atoms with Gasteiger partial charge in [0.1, 0.15) is 11.6 Å². The van der Waals surface area contributed by atoms with Crippen molar-refractivity contribution in [3.8, 4) is 0 Å². The van der Waals surface area contributed by atoms with Gasteiger partial charge in [-0.05, 0) is 25.8 Å². The van der Waals surface area contributed by atoms with Gasteiger partial charge in [-0.2, -0.15) is 0 Å². The molecule has 0 aliphatic carbocycles. The fourth-order valence-electron chi connectivity index (χ4n) is 2.58. The Balaban J connectivity index is 2.42. The molecular formula is C17H22N2O2. The zero-order valence-corrected chi connectivity index (χ0v) is 12.8. The highest BCUT2D eigenvalue weighted by atomic mass is 16.2. The number of hydrogen-bond donors (Lipinski definition) is 1. The van der Waals surface area contributed by atoms with E-state index < -0.39 is 11.6 Å². The first kappa shape index (κ1) is 15.3. The summed E-state index contributed by atoms with van der Waals surface area (Å²) < 4.78 is 0. The summed E-state index contributed by atoms with van der Waals surface area (Å²) in [6.45, 7) is 6.05. The lowest BCUT2D eigenvalue weighted by atomic mass is 9.89. The van der Waals surface area contributed by atoms with E-state index in [4.69, 9.17) is 0 Å². The van der Waals surface area contributed by atoms with E-state index in [-0.39, 0.29) is 11.8 Å². The van der Waals surface area contributed by atoms with Crippen LogP contribution in [0.3, 0.4) is 0 Å². The van der Waals surface area contributed by atoms with Crippen molar-refractivity contribution in [3.05, 3.63) is 48.0 Å². The van der Waals surface area contributed by atoms with Gasteiger partial charge in [0.2, 0.25) is 11.8 Å². The van der Waals surface area contributed by atoms with E-state index in [0.717, 1.165) is 5.56 Å². The van der Waals surface area contributed by atoms with Gasteiger partial charge in [0.15, 0.2) is 0 Å². The standard InChI is InChI=1S/C17H22N2O2/c1-4-6-12-19-14(13-10-8-7-9-11-13)15(20)18-17(3,5-2)16(19)21/h4,6-11,14H,5,12H2,1-3H3,(H,18,20)/b6-4+. The van der Waals surface area contributed by atoms with Crippen LogP contribution in [0.1, 0.15) is 38.8 Å². The smallest absolute Gasteiger partial charge is 0.249 e.